The Bertz CT molecular complexity index is 263. The van der Waals surface area contributed by atoms with Crippen molar-refractivity contribution in [3.05, 3.63) is 0 Å². The zero-order valence-electron chi connectivity index (χ0n) is 12.7. The minimum Gasteiger partial charge on any atom is -0.395 e. The van der Waals surface area contributed by atoms with Gasteiger partial charge in [0, 0.05) is 19.1 Å². The van der Waals surface area contributed by atoms with Crippen LogP contribution in [0.1, 0.15) is 52.9 Å². The average molecular weight is 270 g/mol. The topological polar surface area (TPSA) is 52.6 Å². The van der Waals surface area contributed by atoms with Crippen LogP contribution in [0.25, 0.3) is 0 Å². The van der Waals surface area contributed by atoms with Gasteiger partial charge in [0.2, 0.25) is 0 Å². The molecule has 112 valence electrons. The van der Waals surface area contributed by atoms with Crippen LogP contribution in [0.15, 0.2) is 0 Å². The highest BCUT2D eigenvalue weighted by atomic mass is 16.3. The van der Waals surface area contributed by atoms with E-state index in [1.54, 1.807) is 4.90 Å². The molecule has 0 aromatic rings. The van der Waals surface area contributed by atoms with E-state index in [9.17, 15) is 4.79 Å². The van der Waals surface area contributed by atoms with Crippen LogP contribution >= 0.6 is 0 Å². The van der Waals surface area contributed by atoms with Gasteiger partial charge in [-0.05, 0) is 31.1 Å². The summed E-state index contributed by atoms with van der Waals surface area (Å²) >= 11 is 0. The summed E-state index contributed by atoms with van der Waals surface area (Å²) in [5, 5.41) is 12.2. The zero-order valence-corrected chi connectivity index (χ0v) is 12.7. The number of hydrogen-bond donors (Lipinski definition) is 2. The van der Waals surface area contributed by atoms with E-state index in [1.165, 1.54) is 19.3 Å². The van der Waals surface area contributed by atoms with Crippen molar-refractivity contribution in [1.82, 2.24) is 10.2 Å². The molecule has 0 aromatic heterocycles. The molecule has 1 fully saturated rings. The molecular weight excluding hydrogens is 240 g/mol. The molecular formula is C15H30N2O2. The molecule has 2 N–H and O–H groups in total. The van der Waals surface area contributed by atoms with Crippen molar-refractivity contribution < 1.29 is 9.90 Å². The highest BCUT2D eigenvalue weighted by molar-refractivity contribution is 5.74. The molecule has 1 saturated carbocycles. The van der Waals surface area contributed by atoms with Gasteiger partial charge in [0.15, 0.2) is 0 Å². The van der Waals surface area contributed by atoms with Gasteiger partial charge in [-0.25, -0.2) is 4.79 Å². The van der Waals surface area contributed by atoms with E-state index in [1.807, 2.05) is 0 Å². The first-order valence-electron chi connectivity index (χ1n) is 7.76. The first kappa shape index (κ1) is 16.3. The molecule has 0 bridgehead atoms. The Morgan fingerprint density at radius 1 is 1.32 bits per heavy atom. The predicted molar refractivity (Wildman–Crippen MR) is 78.1 cm³/mol. The second-order valence-electron chi connectivity index (χ2n) is 5.96. The fourth-order valence-electron chi connectivity index (χ4n) is 3.09. The standard InChI is InChI=1S/C15H30N2O2/c1-4-9-17(10-11-18)15(19)16-14-8-6-5-7-13(14)12(2)3/h12-14,18H,4-11H2,1-3H3,(H,16,19). The third-order valence-corrected chi connectivity index (χ3v) is 4.14. The van der Waals surface area contributed by atoms with E-state index in [-0.39, 0.29) is 12.6 Å². The van der Waals surface area contributed by atoms with Gasteiger partial charge >= 0.3 is 6.03 Å². The average Bonchev–Trinajstić information content (AvgIpc) is 2.38. The molecule has 0 saturated heterocycles. The number of amides is 2. The molecule has 0 spiro atoms. The predicted octanol–water partition coefficient (Wildman–Crippen LogP) is 2.62. The molecule has 19 heavy (non-hydrogen) atoms. The quantitative estimate of drug-likeness (QED) is 0.779. The molecule has 4 heteroatoms. The number of aliphatic hydroxyl groups is 1. The van der Waals surface area contributed by atoms with Crippen LogP contribution in [0, 0.1) is 11.8 Å². The lowest BCUT2D eigenvalue weighted by molar-refractivity contribution is 0.155. The smallest absolute Gasteiger partial charge is 0.317 e. The van der Waals surface area contributed by atoms with Crippen molar-refractivity contribution in [2.45, 2.75) is 58.9 Å². The lowest BCUT2D eigenvalue weighted by Gasteiger charge is -2.36. The fourth-order valence-corrected chi connectivity index (χ4v) is 3.09. The molecule has 4 nitrogen and oxygen atoms in total. The third-order valence-electron chi connectivity index (χ3n) is 4.14. The molecule has 2 unspecified atom stereocenters. The lowest BCUT2D eigenvalue weighted by atomic mass is 9.78. The van der Waals surface area contributed by atoms with Crippen LogP contribution < -0.4 is 5.32 Å². The molecule has 1 aliphatic rings. The fraction of sp³-hybridized carbons (Fsp3) is 0.933. The van der Waals surface area contributed by atoms with Gasteiger partial charge in [-0.2, -0.15) is 0 Å². The summed E-state index contributed by atoms with van der Waals surface area (Å²) in [4.78, 5) is 14.0. The lowest BCUT2D eigenvalue weighted by Crippen LogP contribution is -2.50. The maximum atomic E-state index is 12.3. The Hall–Kier alpha value is -0.770. The Labute approximate surface area is 117 Å². The minimum absolute atomic E-state index is 0.00606. The molecule has 0 aromatic carbocycles. The number of urea groups is 1. The Balaban J connectivity index is 2.56. The Morgan fingerprint density at radius 3 is 2.58 bits per heavy atom. The molecule has 0 aliphatic heterocycles. The molecule has 2 atom stereocenters. The summed E-state index contributed by atoms with van der Waals surface area (Å²) in [6.07, 6.45) is 5.72. The molecule has 0 heterocycles. The van der Waals surface area contributed by atoms with Crippen molar-refractivity contribution in [1.29, 1.82) is 0 Å². The first-order valence-corrected chi connectivity index (χ1v) is 7.76. The summed E-state index contributed by atoms with van der Waals surface area (Å²) in [6.45, 7) is 7.71. The first-order chi connectivity index (χ1) is 9.10. The monoisotopic (exact) mass is 270 g/mol. The second kappa shape index (κ2) is 8.41. The van der Waals surface area contributed by atoms with E-state index < -0.39 is 0 Å². The molecule has 0 radical (unpaired) electrons. The second-order valence-corrected chi connectivity index (χ2v) is 5.96. The van der Waals surface area contributed by atoms with Crippen molar-refractivity contribution in [2.75, 3.05) is 19.7 Å². The minimum atomic E-state index is -0.00606. The van der Waals surface area contributed by atoms with Crippen LogP contribution in [0.4, 0.5) is 4.79 Å². The van der Waals surface area contributed by atoms with Gasteiger partial charge in [-0.1, -0.05) is 33.6 Å². The van der Waals surface area contributed by atoms with Crippen LogP contribution in [0.2, 0.25) is 0 Å². The third kappa shape index (κ3) is 5.01. The van der Waals surface area contributed by atoms with Crippen molar-refractivity contribution in [3.63, 3.8) is 0 Å². The van der Waals surface area contributed by atoms with E-state index in [0.717, 1.165) is 12.8 Å². The molecule has 1 aliphatic carbocycles. The van der Waals surface area contributed by atoms with Gasteiger partial charge in [0.05, 0.1) is 6.61 Å². The van der Waals surface area contributed by atoms with Gasteiger partial charge in [-0.3, -0.25) is 0 Å². The number of nitrogens with one attached hydrogen (secondary N) is 1. The summed E-state index contributed by atoms with van der Waals surface area (Å²) in [6, 6.07) is 0.299. The summed E-state index contributed by atoms with van der Waals surface area (Å²) < 4.78 is 0. The van der Waals surface area contributed by atoms with Crippen molar-refractivity contribution in [2.24, 2.45) is 11.8 Å². The number of aliphatic hydroxyl groups excluding tert-OH is 1. The largest absolute Gasteiger partial charge is 0.395 e. The van der Waals surface area contributed by atoms with Crippen molar-refractivity contribution >= 4 is 6.03 Å². The van der Waals surface area contributed by atoms with E-state index in [4.69, 9.17) is 5.11 Å². The molecule has 1 rings (SSSR count). The molecule has 2 amide bonds. The number of carbonyl (C=O) groups excluding carboxylic acids is 1. The van der Waals surface area contributed by atoms with Crippen LogP contribution in [0.3, 0.4) is 0 Å². The number of rotatable bonds is 6. The Morgan fingerprint density at radius 2 is 2.00 bits per heavy atom. The van der Waals surface area contributed by atoms with Gasteiger partial charge in [0.1, 0.15) is 0 Å². The van der Waals surface area contributed by atoms with Crippen molar-refractivity contribution in [3.8, 4) is 0 Å². The summed E-state index contributed by atoms with van der Waals surface area (Å²) in [5.74, 6) is 1.21. The normalized spacial score (nSPS) is 23.4. The van der Waals surface area contributed by atoms with Crippen LogP contribution in [0.5, 0.6) is 0 Å². The van der Waals surface area contributed by atoms with Crippen LogP contribution in [-0.4, -0.2) is 41.8 Å². The van der Waals surface area contributed by atoms with Gasteiger partial charge in [0.25, 0.3) is 0 Å². The summed E-state index contributed by atoms with van der Waals surface area (Å²) in [7, 11) is 0. The van der Waals surface area contributed by atoms with Gasteiger partial charge < -0.3 is 15.3 Å². The van der Waals surface area contributed by atoms with E-state index in [2.05, 4.69) is 26.1 Å². The summed E-state index contributed by atoms with van der Waals surface area (Å²) in [5.41, 5.74) is 0. The van der Waals surface area contributed by atoms with Crippen LogP contribution in [-0.2, 0) is 0 Å². The number of hydrogen-bond acceptors (Lipinski definition) is 2. The van der Waals surface area contributed by atoms with E-state index in [0.29, 0.717) is 31.0 Å². The maximum Gasteiger partial charge on any atom is 0.317 e. The SMILES string of the molecule is CCCN(CCO)C(=O)NC1CCCCC1C(C)C. The van der Waals surface area contributed by atoms with E-state index >= 15 is 0 Å². The highest BCUT2D eigenvalue weighted by Crippen LogP contribution is 2.30. The number of nitrogens with zero attached hydrogens (tertiary/aromatic N) is 1. The zero-order chi connectivity index (χ0) is 14.3. The maximum absolute atomic E-state index is 12.3. The highest BCUT2D eigenvalue weighted by Gasteiger charge is 2.29. The Kier molecular flexibility index (Phi) is 7.21. The van der Waals surface area contributed by atoms with Gasteiger partial charge in [-0.15, -0.1) is 0 Å². The number of carbonyl (C=O) groups is 1.